The fourth-order valence-corrected chi connectivity index (χ4v) is 7.10. The molecule has 0 aliphatic carbocycles. The number of carbonyl (C=O) groups is 2. The lowest BCUT2D eigenvalue weighted by Crippen LogP contribution is -2.34. The van der Waals surface area contributed by atoms with Crippen molar-refractivity contribution in [2.45, 2.75) is 224 Å². The van der Waals surface area contributed by atoms with Gasteiger partial charge in [-0.05, 0) is 70.8 Å². The zero-order valence-electron chi connectivity index (χ0n) is 30.2. The topological polar surface area (TPSA) is 123 Å². The van der Waals surface area contributed by atoms with E-state index in [1.807, 2.05) is 13.0 Å². The van der Waals surface area contributed by atoms with Crippen LogP contribution in [0.3, 0.4) is 0 Å². The highest BCUT2D eigenvalue weighted by Gasteiger charge is 2.35. The van der Waals surface area contributed by atoms with Gasteiger partial charge >= 0.3 is 11.9 Å². The zero-order valence-corrected chi connectivity index (χ0v) is 30.2. The summed E-state index contributed by atoms with van der Waals surface area (Å²) in [5.41, 5.74) is 0.809. The van der Waals surface area contributed by atoms with Crippen LogP contribution >= 0.6 is 0 Å². The monoisotopic (exact) mass is 667 g/mol. The fraction of sp³-hybridized carbons (Fsp3) is 0.897. The number of cyclic esters (lactones) is 1. The molecule has 7 atom stereocenters. The number of unbranched alkanes of at least 4 members (excludes halogenated alkanes) is 14. The molecule has 47 heavy (non-hydrogen) atoms. The van der Waals surface area contributed by atoms with E-state index in [1.165, 1.54) is 58.3 Å². The lowest BCUT2D eigenvalue weighted by molar-refractivity contribution is -0.150. The Morgan fingerprint density at radius 3 is 1.85 bits per heavy atom. The Hall–Kier alpha value is -1.48. The fourth-order valence-electron chi connectivity index (χ4n) is 7.10. The van der Waals surface area contributed by atoms with Crippen molar-refractivity contribution in [3.63, 3.8) is 0 Å². The van der Waals surface area contributed by atoms with Gasteiger partial charge in [-0.1, -0.05) is 103 Å². The third kappa shape index (κ3) is 19.3. The summed E-state index contributed by atoms with van der Waals surface area (Å²) in [6.07, 6.45) is 24.3. The maximum Gasteiger partial charge on any atom is 0.334 e. The van der Waals surface area contributed by atoms with E-state index in [4.69, 9.17) is 14.2 Å². The molecule has 3 N–H and O–H groups in total. The molecular weight excluding hydrogens is 596 g/mol. The summed E-state index contributed by atoms with van der Waals surface area (Å²) < 4.78 is 16.8. The smallest absolute Gasteiger partial charge is 0.334 e. The van der Waals surface area contributed by atoms with Crippen LogP contribution in [0.25, 0.3) is 0 Å². The molecule has 0 amide bonds. The number of esters is 2. The highest BCUT2D eigenvalue weighted by Crippen LogP contribution is 2.29. The van der Waals surface area contributed by atoms with Gasteiger partial charge in [-0.15, -0.1) is 0 Å². The number of rotatable bonds is 29. The molecule has 0 bridgehead atoms. The number of hydrogen-bond donors (Lipinski definition) is 3. The molecule has 2 aliphatic heterocycles. The van der Waals surface area contributed by atoms with E-state index in [0.717, 1.165) is 89.0 Å². The summed E-state index contributed by atoms with van der Waals surface area (Å²) in [4.78, 5) is 23.4. The molecule has 0 aromatic heterocycles. The molecule has 2 aliphatic rings. The van der Waals surface area contributed by atoms with Gasteiger partial charge in [-0.2, -0.15) is 0 Å². The van der Waals surface area contributed by atoms with Gasteiger partial charge in [-0.25, -0.2) is 4.79 Å². The summed E-state index contributed by atoms with van der Waals surface area (Å²) in [5, 5.41) is 32.1. The van der Waals surface area contributed by atoms with Gasteiger partial charge in [0.25, 0.3) is 0 Å². The summed E-state index contributed by atoms with van der Waals surface area (Å²) in [6.45, 7) is 5.53. The number of aliphatic hydroxyl groups excluding tert-OH is 3. The van der Waals surface area contributed by atoms with Crippen LogP contribution in [0.5, 0.6) is 0 Å². The summed E-state index contributed by atoms with van der Waals surface area (Å²) in [6, 6.07) is 0. The molecule has 2 heterocycles. The molecule has 0 aromatic carbocycles. The second kappa shape index (κ2) is 25.5. The largest absolute Gasteiger partial charge is 0.462 e. The van der Waals surface area contributed by atoms with Crippen LogP contribution in [0.4, 0.5) is 0 Å². The standard InChI is InChI=1S/C39H70O8/c1-4-5-6-7-8-9-10-11-15-18-25-35(42)37-26-27-38(47-37)36(43)29-34(46-31(3)40)24-20-19-23-33(41)22-17-14-12-13-16-21-32-28-30(2)45-39(32)44/h28,30,33-38,41-43H,4-27,29H2,1-3H3/t30-,33?,34?,35-,36+,37+,38+/m0/s1. The summed E-state index contributed by atoms with van der Waals surface area (Å²) >= 11 is 0. The first-order valence-corrected chi connectivity index (χ1v) is 19.5. The van der Waals surface area contributed by atoms with E-state index in [-0.39, 0.29) is 42.5 Å². The summed E-state index contributed by atoms with van der Waals surface area (Å²) in [5.74, 6) is -0.522. The highest BCUT2D eigenvalue weighted by atomic mass is 16.6. The number of ether oxygens (including phenoxy) is 3. The van der Waals surface area contributed by atoms with Crippen molar-refractivity contribution in [2.75, 3.05) is 0 Å². The van der Waals surface area contributed by atoms with Gasteiger partial charge in [0.1, 0.15) is 12.2 Å². The molecule has 1 saturated heterocycles. The van der Waals surface area contributed by atoms with Crippen LogP contribution in [0, 0.1) is 0 Å². The summed E-state index contributed by atoms with van der Waals surface area (Å²) in [7, 11) is 0. The van der Waals surface area contributed by atoms with Gasteiger partial charge in [0.15, 0.2) is 0 Å². The van der Waals surface area contributed by atoms with Crippen LogP contribution in [-0.2, 0) is 23.8 Å². The van der Waals surface area contributed by atoms with Crippen molar-refractivity contribution in [3.05, 3.63) is 11.6 Å². The lowest BCUT2D eigenvalue weighted by atomic mass is 9.98. The van der Waals surface area contributed by atoms with Gasteiger partial charge in [-0.3, -0.25) is 4.79 Å². The van der Waals surface area contributed by atoms with Crippen molar-refractivity contribution >= 4 is 11.9 Å². The van der Waals surface area contributed by atoms with Gasteiger partial charge in [0.2, 0.25) is 0 Å². The minimum atomic E-state index is -0.744. The molecule has 2 unspecified atom stereocenters. The Kier molecular flexibility index (Phi) is 22.6. The molecule has 1 fully saturated rings. The van der Waals surface area contributed by atoms with Crippen LogP contribution < -0.4 is 0 Å². The Bertz CT molecular complexity index is 860. The third-order valence-corrected chi connectivity index (χ3v) is 9.92. The average molecular weight is 667 g/mol. The van der Waals surface area contributed by atoms with Gasteiger partial charge in [0.05, 0.1) is 30.5 Å². The Morgan fingerprint density at radius 1 is 0.766 bits per heavy atom. The van der Waals surface area contributed by atoms with Gasteiger partial charge in [0, 0.05) is 18.9 Å². The predicted molar refractivity (Wildman–Crippen MR) is 187 cm³/mol. The first-order valence-electron chi connectivity index (χ1n) is 19.5. The maximum atomic E-state index is 11.8. The molecule has 2 rings (SSSR count). The van der Waals surface area contributed by atoms with Crippen LogP contribution in [0.15, 0.2) is 11.6 Å². The van der Waals surface area contributed by atoms with E-state index in [0.29, 0.717) is 25.7 Å². The molecular formula is C39H70O8. The van der Waals surface area contributed by atoms with Crippen molar-refractivity contribution in [2.24, 2.45) is 0 Å². The number of aliphatic hydroxyl groups is 3. The minimum absolute atomic E-state index is 0.0951. The molecule has 0 aromatic rings. The molecule has 8 heteroatoms. The predicted octanol–water partition coefficient (Wildman–Crippen LogP) is 8.41. The van der Waals surface area contributed by atoms with Crippen molar-refractivity contribution in [1.82, 2.24) is 0 Å². The Morgan fingerprint density at radius 2 is 1.28 bits per heavy atom. The van der Waals surface area contributed by atoms with Gasteiger partial charge < -0.3 is 29.5 Å². The van der Waals surface area contributed by atoms with Crippen molar-refractivity contribution < 1.29 is 39.1 Å². The van der Waals surface area contributed by atoms with Crippen molar-refractivity contribution in [1.29, 1.82) is 0 Å². The Labute approximate surface area is 286 Å². The van der Waals surface area contributed by atoms with E-state index in [1.54, 1.807) is 0 Å². The van der Waals surface area contributed by atoms with Crippen LogP contribution in [-0.4, -0.2) is 70.0 Å². The highest BCUT2D eigenvalue weighted by molar-refractivity contribution is 5.90. The van der Waals surface area contributed by atoms with E-state index < -0.39 is 12.2 Å². The van der Waals surface area contributed by atoms with Crippen molar-refractivity contribution in [3.8, 4) is 0 Å². The number of carbonyl (C=O) groups excluding carboxylic acids is 2. The maximum absolute atomic E-state index is 11.8. The minimum Gasteiger partial charge on any atom is -0.462 e. The lowest BCUT2D eigenvalue weighted by Gasteiger charge is -2.25. The quantitative estimate of drug-likeness (QED) is 0.0537. The van der Waals surface area contributed by atoms with E-state index in [9.17, 15) is 24.9 Å². The Balaban J connectivity index is 1.52. The van der Waals surface area contributed by atoms with Crippen LogP contribution in [0.1, 0.15) is 181 Å². The molecule has 0 spiro atoms. The van der Waals surface area contributed by atoms with Crippen LogP contribution in [0.2, 0.25) is 0 Å². The normalized spacial score (nSPS) is 22.1. The third-order valence-electron chi connectivity index (χ3n) is 9.92. The first-order chi connectivity index (χ1) is 22.7. The second-order valence-electron chi connectivity index (χ2n) is 14.4. The number of hydrogen-bond acceptors (Lipinski definition) is 8. The van der Waals surface area contributed by atoms with E-state index >= 15 is 0 Å². The molecule has 8 nitrogen and oxygen atoms in total. The molecule has 0 saturated carbocycles. The molecule has 274 valence electrons. The average Bonchev–Trinajstić information content (AvgIpc) is 3.65. The molecule has 0 radical (unpaired) electrons. The second-order valence-corrected chi connectivity index (χ2v) is 14.4. The SMILES string of the molecule is CCCCCCCCCCCC[C@H](O)[C@H]1CC[C@H]([C@H](O)CC(CCCCC(O)CCCCCCCC2=C[C@H](C)OC2=O)OC(C)=O)O1. The first kappa shape index (κ1) is 41.7. The van der Waals surface area contributed by atoms with E-state index in [2.05, 4.69) is 6.92 Å². The zero-order chi connectivity index (χ0) is 34.3.